The van der Waals surface area contributed by atoms with Gasteiger partial charge in [0.25, 0.3) is 0 Å². The van der Waals surface area contributed by atoms with Crippen molar-refractivity contribution in [2.24, 2.45) is 0 Å². The second kappa shape index (κ2) is 9.21. The van der Waals surface area contributed by atoms with E-state index in [4.69, 9.17) is 25.8 Å². The van der Waals surface area contributed by atoms with Crippen LogP contribution in [0.3, 0.4) is 0 Å². The molecule has 0 unspecified atom stereocenters. The molecule has 0 spiro atoms. The standard InChI is InChI=1S/C20H22ClN3O3S/c1-5-24-19(14-10-16(25-2)18(27-4)17(11-14)26-3)22-23-20(24)28-12-13-6-8-15(21)9-7-13/h6-11H,5,12H2,1-4H3. The highest BCUT2D eigenvalue weighted by Crippen LogP contribution is 2.41. The zero-order valence-electron chi connectivity index (χ0n) is 16.2. The van der Waals surface area contributed by atoms with Crippen LogP contribution in [0.15, 0.2) is 41.6 Å². The van der Waals surface area contributed by atoms with Crippen molar-refractivity contribution in [2.75, 3.05) is 21.3 Å². The smallest absolute Gasteiger partial charge is 0.203 e. The van der Waals surface area contributed by atoms with Gasteiger partial charge in [-0.25, -0.2) is 0 Å². The molecule has 0 amide bonds. The Hall–Kier alpha value is -2.38. The lowest BCUT2D eigenvalue weighted by Crippen LogP contribution is -2.01. The lowest BCUT2D eigenvalue weighted by Gasteiger charge is -2.14. The molecule has 1 heterocycles. The number of hydrogen-bond acceptors (Lipinski definition) is 6. The molecule has 0 bridgehead atoms. The van der Waals surface area contributed by atoms with E-state index in [0.717, 1.165) is 33.9 Å². The second-order valence-corrected chi connectivity index (χ2v) is 7.26. The topological polar surface area (TPSA) is 58.4 Å². The van der Waals surface area contributed by atoms with Crippen LogP contribution in [0.4, 0.5) is 0 Å². The number of rotatable bonds is 8. The van der Waals surface area contributed by atoms with Gasteiger partial charge in [-0.2, -0.15) is 0 Å². The maximum atomic E-state index is 5.96. The number of aromatic nitrogens is 3. The normalized spacial score (nSPS) is 10.8. The predicted molar refractivity (Wildman–Crippen MR) is 112 cm³/mol. The van der Waals surface area contributed by atoms with Crippen LogP contribution in [0.25, 0.3) is 11.4 Å². The molecule has 1 aromatic heterocycles. The van der Waals surface area contributed by atoms with Crippen LogP contribution in [-0.2, 0) is 12.3 Å². The summed E-state index contributed by atoms with van der Waals surface area (Å²) in [5, 5.41) is 10.4. The molecule has 8 heteroatoms. The average Bonchev–Trinajstić information content (AvgIpc) is 3.15. The fraction of sp³-hybridized carbons (Fsp3) is 0.300. The minimum Gasteiger partial charge on any atom is -0.493 e. The highest BCUT2D eigenvalue weighted by molar-refractivity contribution is 7.98. The number of halogens is 1. The van der Waals surface area contributed by atoms with Crippen molar-refractivity contribution < 1.29 is 14.2 Å². The molecular weight excluding hydrogens is 398 g/mol. The largest absolute Gasteiger partial charge is 0.493 e. The number of thioether (sulfide) groups is 1. The van der Waals surface area contributed by atoms with Gasteiger partial charge in [0.05, 0.1) is 21.3 Å². The maximum Gasteiger partial charge on any atom is 0.203 e. The first-order valence-corrected chi connectivity index (χ1v) is 10.1. The fourth-order valence-electron chi connectivity index (χ4n) is 2.83. The maximum absolute atomic E-state index is 5.96. The van der Waals surface area contributed by atoms with Gasteiger partial charge in [0.2, 0.25) is 5.75 Å². The van der Waals surface area contributed by atoms with Gasteiger partial charge in [0, 0.05) is 22.9 Å². The number of ether oxygens (including phenoxy) is 3. The van der Waals surface area contributed by atoms with Crippen LogP contribution in [-0.4, -0.2) is 36.1 Å². The first kappa shape index (κ1) is 20.4. The van der Waals surface area contributed by atoms with E-state index >= 15 is 0 Å². The van der Waals surface area contributed by atoms with Crippen LogP contribution < -0.4 is 14.2 Å². The highest BCUT2D eigenvalue weighted by atomic mass is 35.5. The Labute approximate surface area is 173 Å². The molecule has 0 aliphatic carbocycles. The van der Waals surface area contributed by atoms with Crippen LogP contribution in [0.1, 0.15) is 12.5 Å². The Morgan fingerprint density at radius 2 is 1.61 bits per heavy atom. The average molecular weight is 420 g/mol. The zero-order valence-corrected chi connectivity index (χ0v) is 17.8. The van der Waals surface area contributed by atoms with Crippen LogP contribution >= 0.6 is 23.4 Å². The molecule has 148 valence electrons. The summed E-state index contributed by atoms with van der Waals surface area (Å²) in [5.41, 5.74) is 2.02. The molecule has 3 rings (SSSR count). The molecule has 0 radical (unpaired) electrons. The third-order valence-electron chi connectivity index (χ3n) is 4.24. The van der Waals surface area contributed by atoms with E-state index in [0.29, 0.717) is 17.2 Å². The van der Waals surface area contributed by atoms with Gasteiger partial charge in [-0.3, -0.25) is 0 Å². The molecule has 2 aromatic carbocycles. The Morgan fingerprint density at radius 3 is 2.14 bits per heavy atom. The number of benzene rings is 2. The summed E-state index contributed by atoms with van der Waals surface area (Å²) < 4.78 is 18.4. The number of nitrogens with zero attached hydrogens (tertiary/aromatic N) is 3. The van der Waals surface area contributed by atoms with Crippen molar-refractivity contribution in [1.82, 2.24) is 14.8 Å². The van der Waals surface area contributed by atoms with E-state index in [2.05, 4.69) is 21.7 Å². The van der Waals surface area contributed by atoms with E-state index < -0.39 is 0 Å². The number of methoxy groups -OCH3 is 3. The van der Waals surface area contributed by atoms with Crippen molar-refractivity contribution in [2.45, 2.75) is 24.4 Å². The van der Waals surface area contributed by atoms with Crippen LogP contribution in [0.5, 0.6) is 17.2 Å². The molecule has 6 nitrogen and oxygen atoms in total. The number of hydrogen-bond donors (Lipinski definition) is 0. The Balaban J connectivity index is 1.92. The summed E-state index contributed by atoms with van der Waals surface area (Å²) in [7, 11) is 4.78. The third-order valence-corrected chi connectivity index (χ3v) is 5.53. The molecule has 0 saturated carbocycles. The lowest BCUT2D eigenvalue weighted by atomic mass is 10.1. The van der Waals surface area contributed by atoms with E-state index in [1.54, 1.807) is 33.1 Å². The third kappa shape index (κ3) is 4.20. The lowest BCUT2D eigenvalue weighted by molar-refractivity contribution is 0.324. The molecule has 0 aliphatic heterocycles. The summed E-state index contributed by atoms with van der Waals surface area (Å²) in [6.45, 7) is 2.80. The highest BCUT2D eigenvalue weighted by Gasteiger charge is 2.19. The molecular formula is C20H22ClN3O3S. The zero-order chi connectivity index (χ0) is 20.1. The summed E-state index contributed by atoms with van der Waals surface area (Å²) in [6, 6.07) is 11.6. The van der Waals surface area contributed by atoms with Crippen molar-refractivity contribution in [3.63, 3.8) is 0 Å². The first-order valence-electron chi connectivity index (χ1n) is 8.72. The van der Waals surface area contributed by atoms with Crippen molar-refractivity contribution in [1.29, 1.82) is 0 Å². The molecule has 28 heavy (non-hydrogen) atoms. The van der Waals surface area contributed by atoms with Gasteiger partial charge in [-0.05, 0) is 36.8 Å². The minimum atomic E-state index is 0.550. The van der Waals surface area contributed by atoms with Crippen molar-refractivity contribution in [3.05, 3.63) is 47.0 Å². The van der Waals surface area contributed by atoms with Crippen LogP contribution in [0, 0.1) is 0 Å². The van der Waals surface area contributed by atoms with E-state index in [1.165, 1.54) is 5.56 Å². The predicted octanol–water partition coefficient (Wildman–Crippen LogP) is 4.94. The Morgan fingerprint density at radius 1 is 0.964 bits per heavy atom. The summed E-state index contributed by atoms with van der Waals surface area (Å²) in [4.78, 5) is 0. The molecule has 0 N–H and O–H groups in total. The van der Waals surface area contributed by atoms with E-state index in [-0.39, 0.29) is 0 Å². The molecule has 3 aromatic rings. The summed E-state index contributed by atoms with van der Waals surface area (Å²) in [5.74, 6) is 3.25. The van der Waals surface area contributed by atoms with E-state index in [9.17, 15) is 0 Å². The minimum absolute atomic E-state index is 0.550. The quantitative estimate of drug-likeness (QED) is 0.482. The summed E-state index contributed by atoms with van der Waals surface area (Å²) in [6.07, 6.45) is 0. The van der Waals surface area contributed by atoms with Gasteiger partial charge in [-0.1, -0.05) is 35.5 Å². The Kier molecular flexibility index (Phi) is 6.70. The first-order chi connectivity index (χ1) is 13.6. The van der Waals surface area contributed by atoms with Gasteiger partial charge >= 0.3 is 0 Å². The van der Waals surface area contributed by atoms with Crippen molar-refractivity contribution >= 4 is 23.4 Å². The van der Waals surface area contributed by atoms with Crippen molar-refractivity contribution in [3.8, 4) is 28.6 Å². The molecule has 0 aliphatic rings. The molecule has 0 saturated heterocycles. The Bertz CT molecular complexity index is 919. The monoisotopic (exact) mass is 419 g/mol. The van der Waals surface area contributed by atoms with Crippen LogP contribution in [0.2, 0.25) is 5.02 Å². The van der Waals surface area contributed by atoms with E-state index in [1.807, 2.05) is 36.4 Å². The summed E-state index contributed by atoms with van der Waals surface area (Å²) >= 11 is 7.59. The SMILES string of the molecule is CCn1c(SCc2ccc(Cl)cc2)nnc1-c1cc(OC)c(OC)c(OC)c1. The second-order valence-electron chi connectivity index (χ2n) is 5.88. The molecule has 0 fully saturated rings. The van der Waals surface area contributed by atoms with Gasteiger partial charge in [0.1, 0.15) is 0 Å². The van der Waals surface area contributed by atoms with Gasteiger partial charge in [0.15, 0.2) is 22.5 Å². The van der Waals surface area contributed by atoms with Gasteiger partial charge < -0.3 is 18.8 Å². The molecule has 0 atom stereocenters. The fourth-order valence-corrected chi connectivity index (χ4v) is 3.92. The van der Waals surface area contributed by atoms with Gasteiger partial charge in [-0.15, -0.1) is 10.2 Å².